The van der Waals surface area contributed by atoms with Crippen molar-refractivity contribution in [3.8, 4) is 11.5 Å². The van der Waals surface area contributed by atoms with Crippen molar-refractivity contribution in [2.45, 2.75) is 26.2 Å². The van der Waals surface area contributed by atoms with Crippen molar-refractivity contribution in [3.05, 3.63) is 17.7 Å². The van der Waals surface area contributed by atoms with E-state index in [1.165, 1.54) is 12.1 Å². The first kappa shape index (κ1) is 11.9. The summed E-state index contributed by atoms with van der Waals surface area (Å²) >= 11 is 0. The van der Waals surface area contributed by atoms with Crippen LogP contribution in [0.25, 0.3) is 0 Å². The summed E-state index contributed by atoms with van der Waals surface area (Å²) < 4.78 is 0. The normalized spacial score (nSPS) is 11.5. The number of phenols is 2. The molecule has 0 heterocycles. The number of benzene rings is 1. The summed E-state index contributed by atoms with van der Waals surface area (Å²) in [6, 6.07) is 2.77. The van der Waals surface area contributed by atoms with Gasteiger partial charge in [0.25, 0.3) is 0 Å². The second kappa shape index (κ2) is 3.75. The Hall–Kier alpha value is -1.20. The summed E-state index contributed by atoms with van der Waals surface area (Å²) in [7, 11) is -2.30. The molecule has 82 valence electrons. The van der Waals surface area contributed by atoms with Crippen LogP contribution in [-0.2, 0) is 5.41 Å². The maximum absolute atomic E-state index is 10.9. The van der Waals surface area contributed by atoms with E-state index < -0.39 is 24.0 Å². The predicted molar refractivity (Wildman–Crippen MR) is 53.9 cm³/mol. The summed E-state index contributed by atoms with van der Waals surface area (Å²) in [5.41, 5.74) is -0.219. The van der Waals surface area contributed by atoms with E-state index in [2.05, 4.69) is 0 Å². The molecule has 0 spiro atoms. The van der Waals surface area contributed by atoms with Crippen LogP contribution in [-0.4, -0.2) is 17.3 Å². The maximum atomic E-state index is 10.9. The van der Waals surface area contributed by atoms with E-state index in [0.29, 0.717) is 5.56 Å². The Bertz CT molecular complexity index is 368. The van der Waals surface area contributed by atoms with Crippen molar-refractivity contribution in [1.82, 2.24) is 0 Å². The third-order valence-corrected chi connectivity index (χ3v) is 2.24. The average Bonchev–Trinajstić information content (AvgIpc) is 2.06. The van der Waals surface area contributed by atoms with Crippen LogP contribution in [0.4, 0.5) is 0 Å². The van der Waals surface area contributed by atoms with Gasteiger partial charge in [-0.1, -0.05) is 39.4 Å². The highest BCUT2D eigenvalue weighted by molar-refractivity contribution is 6.57. The van der Waals surface area contributed by atoms with Crippen molar-refractivity contribution >= 4 is 12.6 Å². The van der Waals surface area contributed by atoms with Crippen LogP contribution in [0, 0.1) is 0 Å². The van der Waals surface area contributed by atoms with Gasteiger partial charge in [-0.25, -0.2) is 0 Å². The number of phenolic OH excluding ortho intramolecular Hbond substituents is 2. The minimum Gasteiger partial charge on any atom is -0.889 e. The number of aromatic hydroxyl groups is 2. The summed E-state index contributed by atoms with van der Waals surface area (Å²) in [5, 5.41) is 40.6. The van der Waals surface area contributed by atoms with Gasteiger partial charge in [0.2, 0.25) is 0 Å². The highest BCUT2D eigenvalue weighted by Crippen LogP contribution is 2.29. The molecule has 1 aromatic rings. The molecule has 2 N–H and O–H groups in total. The van der Waals surface area contributed by atoms with Crippen molar-refractivity contribution in [2.24, 2.45) is 0 Å². The quantitative estimate of drug-likeness (QED) is 0.448. The van der Waals surface area contributed by atoms with Crippen LogP contribution in [0.1, 0.15) is 26.3 Å². The fourth-order valence-corrected chi connectivity index (χ4v) is 1.49. The standard InChI is InChI=1S/C10H13BO4/c1-10(2,3)6-4-5-7(12)9(13)8(6)11(14)15/h4-5,12-13H,1-3H3/q-2. The van der Waals surface area contributed by atoms with Gasteiger partial charge >= 0.3 is 0 Å². The van der Waals surface area contributed by atoms with Crippen molar-refractivity contribution < 1.29 is 20.3 Å². The van der Waals surface area contributed by atoms with Crippen LogP contribution in [0.2, 0.25) is 0 Å². The van der Waals surface area contributed by atoms with Gasteiger partial charge in [-0.15, -0.1) is 0 Å². The summed E-state index contributed by atoms with van der Waals surface area (Å²) in [6.45, 7) is 5.47. The lowest BCUT2D eigenvalue weighted by Gasteiger charge is -2.35. The molecule has 0 saturated heterocycles. The fraction of sp³-hybridized carbons (Fsp3) is 0.400. The molecule has 0 unspecified atom stereocenters. The van der Waals surface area contributed by atoms with E-state index in [-0.39, 0.29) is 5.46 Å². The van der Waals surface area contributed by atoms with Crippen molar-refractivity contribution in [1.29, 1.82) is 0 Å². The van der Waals surface area contributed by atoms with Crippen LogP contribution < -0.4 is 15.5 Å². The van der Waals surface area contributed by atoms with Gasteiger partial charge in [-0.3, -0.25) is 0 Å². The van der Waals surface area contributed by atoms with Gasteiger partial charge in [0, 0.05) is 0 Å². The molecule has 0 bridgehead atoms. The van der Waals surface area contributed by atoms with E-state index in [9.17, 15) is 20.3 Å². The molecule has 0 fully saturated rings. The summed E-state index contributed by atoms with van der Waals surface area (Å²) in [4.78, 5) is 0. The van der Waals surface area contributed by atoms with Gasteiger partial charge in [-0.05, 0) is 17.0 Å². The lowest BCUT2D eigenvalue weighted by Crippen LogP contribution is -2.57. The van der Waals surface area contributed by atoms with Crippen LogP contribution in [0.3, 0.4) is 0 Å². The molecular weight excluding hydrogens is 195 g/mol. The second-order valence-corrected chi connectivity index (χ2v) is 4.48. The molecule has 0 atom stereocenters. The fourth-order valence-electron chi connectivity index (χ4n) is 1.49. The maximum Gasteiger partial charge on any atom is 0.156 e. The van der Waals surface area contributed by atoms with Gasteiger partial charge in [0.1, 0.15) is 5.75 Å². The van der Waals surface area contributed by atoms with Gasteiger partial charge in [0.15, 0.2) is 5.75 Å². The summed E-state index contributed by atoms with van der Waals surface area (Å²) in [5.74, 6) is -1.04. The minimum absolute atomic E-state index is 0.262. The van der Waals surface area contributed by atoms with Crippen molar-refractivity contribution in [3.63, 3.8) is 0 Å². The lowest BCUT2D eigenvalue weighted by molar-refractivity contribution is -0.341. The Morgan fingerprint density at radius 1 is 1.13 bits per heavy atom. The molecule has 0 aliphatic carbocycles. The predicted octanol–water partition coefficient (Wildman–Crippen LogP) is -1.19. The zero-order valence-corrected chi connectivity index (χ0v) is 8.94. The SMILES string of the molecule is CC(C)(C)c1ccc(O)c(O)c1B([O-])[O-]. The number of hydrogen-bond acceptors (Lipinski definition) is 4. The average molecular weight is 208 g/mol. The van der Waals surface area contributed by atoms with Gasteiger partial charge in [0.05, 0.1) is 0 Å². The lowest BCUT2D eigenvalue weighted by atomic mass is 9.69. The molecule has 0 aromatic heterocycles. The van der Waals surface area contributed by atoms with E-state index in [1.807, 2.05) is 20.8 Å². The van der Waals surface area contributed by atoms with E-state index in [0.717, 1.165) is 0 Å². The Labute approximate surface area is 89.0 Å². The van der Waals surface area contributed by atoms with E-state index in [4.69, 9.17) is 0 Å². The highest BCUT2D eigenvalue weighted by atomic mass is 16.4. The zero-order chi connectivity index (χ0) is 11.8. The van der Waals surface area contributed by atoms with Crippen LogP contribution >= 0.6 is 0 Å². The summed E-state index contributed by atoms with van der Waals surface area (Å²) in [6.07, 6.45) is 0. The molecule has 0 radical (unpaired) electrons. The monoisotopic (exact) mass is 208 g/mol. The molecule has 15 heavy (non-hydrogen) atoms. The Kier molecular flexibility index (Phi) is 2.97. The molecule has 0 saturated carbocycles. The Balaban J connectivity index is 3.47. The van der Waals surface area contributed by atoms with E-state index in [1.54, 1.807) is 0 Å². The second-order valence-electron chi connectivity index (χ2n) is 4.48. The molecule has 5 heteroatoms. The number of rotatable bonds is 1. The van der Waals surface area contributed by atoms with Crippen LogP contribution in [0.15, 0.2) is 12.1 Å². The first-order valence-corrected chi connectivity index (χ1v) is 4.62. The van der Waals surface area contributed by atoms with Crippen LogP contribution in [0.5, 0.6) is 11.5 Å². The largest absolute Gasteiger partial charge is 0.889 e. The molecule has 0 aliphatic heterocycles. The minimum atomic E-state index is -2.30. The highest BCUT2D eigenvalue weighted by Gasteiger charge is 2.20. The van der Waals surface area contributed by atoms with Gasteiger partial charge in [-0.2, -0.15) is 0 Å². The zero-order valence-electron chi connectivity index (χ0n) is 8.94. The Morgan fingerprint density at radius 3 is 2.07 bits per heavy atom. The first-order valence-electron chi connectivity index (χ1n) is 4.62. The molecule has 4 nitrogen and oxygen atoms in total. The van der Waals surface area contributed by atoms with Gasteiger partial charge < -0.3 is 20.3 Å². The third-order valence-electron chi connectivity index (χ3n) is 2.24. The van der Waals surface area contributed by atoms with E-state index >= 15 is 0 Å². The third kappa shape index (κ3) is 2.24. The molecule has 0 aliphatic rings. The first-order chi connectivity index (χ1) is 6.75. The molecule has 0 amide bonds. The van der Waals surface area contributed by atoms with Crippen molar-refractivity contribution in [2.75, 3.05) is 0 Å². The Morgan fingerprint density at radius 2 is 1.67 bits per heavy atom. The topological polar surface area (TPSA) is 86.6 Å². The molecule has 1 rings (SSSR count). The molecule has 1 aromatic carbocycles. The molecular formula is C10H13BO4-2. The smallest absolute Gasteiger partial charge is 0.156 e. The number of hydrogen-bond donors (Lipinski definition) is 2.